The zero-order valence-electron chi connectivity index (χ0n) is 17.6. The average molecular weight is 470 g/mol. The molecule has 4 N–H and O–H groups in total. The third-order valence-corrected chi connectivity index (χ3v) is 7.63. The highest BCUT2D eigenvalue weighted by Gasteiger charge is 2.41. The van der Waals surface area contributed by atoms with Gasteiger partial charge in [0.15, 0.2) is 0 Å². The van der Waals surface area contributed by atoms with Gasteiger partial charge in [0.2, 0.25) is 0 Å². The second kappa shape index (κ2) is 10.2. The van der Waals surface area contributed by atoms with E-state index >= 15 is 0 Å². The van der Waals surface area contributed by atoms with Gasteiger partial charge in [0, 0.05) is 17.8 Å². The smallest absolute Gasteiger partial charge is 0.296 e. The Morgan fingerprint density at radius 1 is 0.906 bits per heavy atom. The molecule has 1 aliphatic heterocycles. The van der Waals surface area contributed by atoms with Crippen LogP contribution in [0.1, 0.15) is 23.1 Å². The molecule has 32 heavy (non-hydrogen) atoms. The van der Waals surface area contributed by atoms with Gasteiger partial charge in [-0.2, -0.15) is 8.42 Å². The lowest BCUT2D eigenvalue weighted by molar-refractivity contribution is 0.0779. The van der Waals surface area contributed by atoms with Gasteiger partial charge in [0.1, 0.15) is 0 Å². The SMILES string of the molecule is NS(=O)(=O)NOCC1CC(SC(c2ccccc2)(c2ccccc2)c2ccccc2)CN1. The van der Waals surface area contributed by atoms with Crippen molar-refractivity contribution in [3.63, 3.8) is 0 Å². The number of nitrogens with two attached hydrogens (primary N) is 1. The first-order valence-corrected chi connectivity index (χ1v) is 12.9. The average Bonchev–Trinajstić information content (AvgIpc) is 3.25. The van der Waals surface area contributed by atoms with Crippen LogP contribution in [0.5, 0.6) is 0 Å². The van der Waals surface area contributed by atoms with E-state index in [0.717, 1.165) is 13.0 Å². The fourth-order valence-electron chi connectivity index (χ4n) is 4.19. The molecule has 0 saturated carbocycles. The molecule has 0 amide bonds. The summed E-state index contributed by atoms with van der Waals surface area (Å²) < 4.78 is 21.7. The van der Waals surface area contributed by atoms with E-state index in [-0.39, 0.29) is 17.4 Å². The minimum Gasteiger partial charge on any atom is -0.310 e. The highest BCUT2D eigenvalue weighted by Crippen LogP contribution is 2.51. The van der Waals surface area contributed by atoms with Gasteiger partial charge >= 0.3 is 0 Å². The molecule has 0 radical (unpaired) electrons. The van der Waals surface area contributed by atoms with Crippen LogP contribution in [0.15, 0.2) is 91.0 Å². The van der Waals surface area contributed by atoms with Gasteiger partial charge in [-0.1, -0.05) is 95.9 Å². The van der Waals surface area contributed by atoms with Crippen molar-refractivity contribution < 1.29 is 13.3 Å². The molecule has 168 valence electrons. The predicted octanol–water partition coefficient (Wildman–Crippen LogP) is 3.17. The van der Waals surface area contributed by atoms with E-state index in [4.69, 9.17) is 9.98 Å². The van der Waals surface area contributed by atoms with Crippen LogP contribution < -0.4 is 15.3 Å². The molecule has 8 heteroatoms. The fraction of sp³-hybridized carbons (Fsp3) is 0.250. The molecule has 2 atom stereocenters. The van der Waals surface area contributed by atoms with Gasteiger partial charge in [0.05, 0.1) is 11.4 Å². The summed E-state index contributed by atoms with van der Waals surface area (Å²) in [5, 5.41) is 8.67. The number of thioether (sulfide) groups is 1. The summed E-state index contributed by atoms with van der Waals surface area (Å²) in [7, 11) is -3.87. The van der Waals surface area contributed by atoms with Gasteiger partial charge in [-0.05, 0) is 23.1 Å². The lowest BCUT2D eigenvalue weighted by atomic mass is 9.84. The molecule has 1 aliphatic rings. The molecule has 3 aromatic carbocycles. The first kappa shape index (κ1) is 23.0. The van der Waals surface area contributed by atoms with Gasteiger partial charge in [-0.3, -0.25) is 4.84 Å². The maximum absolute atomic E-state index is 11.0. The standard InChI is InChI=1S/C24H27N3O3S2/c25-32(28,29)27-30-18-22-16-23(17-26-22)31-24(19-10-4-1-5-11-19,20-12-6-2-7-13-20)21-14-8-3-9-15-21/h1-15,22-23,26-27H,16-18H2,(H2,25,28,29). The van der Waals surface area contributed by atoms with Crippen molar-refractivity contribution in [1.29, 1.82) is 0 Å². The summed E-state index contributed by atoms with van der Waals surface area (Å²) in [6.07, 6.45) is 0.839. The van der Waals surface area contributed by atoms with Gasteiger partial charge in [-0.25, -0.2) is 5.14 Å². The normalized spacial score (nSPS) is 19.2. The lowest BCUT2D eigenvalue weighted by Crippen LogP contribution is -2.36. The quantitative estimate of drug-likeness (QED) is 0.331. The van der Waals surface area contributed by atoms with Crippen molar-refractivity contribution in [1.82, 2.24) is 10.2 Å². The number of rotatable bonds is 9. The van der Waals surface area contributed by atoms with E-state index in [1.54, 1.807) is 0 Å². The van der Waals surface area contributed by atoms with Crippen LogP contribution in [0.25, 0.3) is 0 Å². The van der Waals surface area contributed by atoms with Crippen LogP contribution in [0.2, 0.25) is 0 Å². The molecule has 1 fully saturated rings. The zero-order chi connectivity index (χ0) is 22.4. The van der Waals surface area contributed by atoms with Gasteiger partial charge in [-0.15, -0.1) is 11.8 Å². The topological polar surface area (TPSA) is 93.5 Å². The Kier molecular flexibility index (Phi) is 7.30. The maximum atomic E-state index is 11.0. The van der Waals surface area contributed by atoms with Crippen LogP contribution in [-0.4, -0.2) is 32.9 Å². The molecule has 4 rings (SSSR count). The third kappa shape index (κ3) is 5.40. The maximum Gasteiger partial charge on any atom is 0.296 e. The van der Waals surface area contributed by atoms with Crippen molar-refractivity contribution in [2.45, 2.75) is 22.5 Å². The molecule has 0 aliphatic carbocycles. The van der Waals surface area contributed by atoms with Crippen molar-refractivity contribution in [2.75, 3.05) is 13.2 Å². The van der Waals surface area contributed by atoms with Crippen LogP contribution in [0.3, 0.4) is 0 Å². The van der Waals surface area contributed by atoms with E-state index < -0.39 is 10.2 Å². The molecule has 1 heterocycles. The summed E-state index contributed by atoms with van der Waals surface area (Å²) in [6.45, 7) is 1.00. The molecule has 0 aromatic heterocycles. The number of hydrogen-bond acceptors (Lipinski definition) is 5. The number of hydrogen-bond donors (Lipinski definition) is 3. The Balaban J connectivity index is 1.65. The molecular formula is C24H27N3O3S2. The number of benzene rings is 3. The predicted molar refractivity (Wildman–Crippen MR) is 129 cm³/mol. The van der Waals surface area contributed by atoms with Crippen molar-refractivity contribution in [3.05, 3.63) is 108 Å². The number of nitrogens with one attached hydrogen (secondary N) is 2. The summed E-state index contributed by atoms with van der Waals surface area (Å²) in [4.78, 5) is 6.97. The highest BCUT2D eigenvalue weighted by molar-refractivity contribution is 8.01. The summed E-state index contributed by atoms with van der Waals surface area (Å²) in [5.41, 5.74) is 3.66. The molecule has 1 saturated heterocycles. The van der Waals surface area contributed by atoms with Crippen LogP contribution >= 0.6 is 11.8 Å². The van der Waals surface area contributed by atoms with Crippen molar-refractivity contribution >= 4 is 22.0 Å². The molecule has 0 spiro atoms. The molecule has 3 aromatic rings. The van der Waals surface area contributed by atoms with Crippen LogP contribution in [-0.2, 0) is 19.8 Å². The van der Waals surface area contributed by atoms with Crippen molar-refractivity contribution in [2.24, 2.45) is 5.14 Å². The Labute approximate surface area is 193 Å². The van der Waals surface area contributed by atoms with E-state index in [1.807, 2.05) is 34.8 Å². The summed E-state index contributed by atoms with van der Waals surface area (Å²) in [6, 6.07) is 31.8. The van der Waals surface area contributed by atoms with Crippen LogP contribution in [0, 0.1) is 0 Å². The van der Waals surface area contributed by atoms with E-state index in [0.29, 0.717) is 5.25 Å². The van der Waals surface area contributed by atoms with E-state index in [9.17, 15) is 8.42 Å². The minimum atomic E-state index is -3.87. The van der Waals surface area contributed by atoms with Crippen molar-refractivity contribution in [3.8, 4) is 0 Å². The summed E-state index contributed by atoms with van der Waals surface area (Å²) in [5.74, 6) is 0. The molecule has 0 bridgehead atoms. The fourth-order valence-corrected chi connectivity index (χ4v) is 6.25. The largest absolute Gasteiger partial charge is 0.310 e. The Morgan fingerprint density at radius 2 is 1.38 bits per heavy atom. The molecule has 2 unspecified atom stereocenters. The third-order valence-electron chi connectivity index (χ3n) is 5.53. The van der Waals surface area contributed by atoms with Gasteiger partial charge < -0.3 is 5.32 Å². The monoisotopic (exact) mass is 469 g/mol. The Hall–Kier alpha value is -2.20. The molecular weight excluding hydrogens is 442 g/mol. The first-order chi connectivity index (χ1) is 15.5. The first-order valence-electron chi connectivity index (χ1n) is 10.5. The van der Waals surface area contributed by atoms with E-state index in [2.05, 4.69) is 78.1 Å². The van der Waals surface area contributed by atoms with Crippen LogP contribution in [0.4, 0.5) is 0 Å². The molecule has 6 nitrogen and oxygen atoms in total. The summed E-state index contributed by atoms with van der Waals surface area (Å²) >= 11 is 1.92. The Bertz CT molecular complexity index is 1000. The van der Waals surface area contributed by atoms with E-state index in [1.165, 1.54) is 16.7 Å². The Morgan fingerprint density at radius 3 is 1.81 bits per heavy atom. The second-order valence-corrected chi connectivity index (χ2v) is 10.6. The zero-order valence-corrected chi connectivity index (χ0v) is 19.2. The van der Waals surface area contributed by atoms with Gasteiger partial charge in [0.25, 0.3) is 10.2 Å². The minimum absolute atomic E-state index is 0.0294. The lowest BCUT2D eigenvalue weighted by Gasteiger charge is -2.37. The second-order valence-electron chi connectivity index (χ2n) is 7.80. The highest BCUT2D eigenvalue weighted by atomic mass is 32.2.